The molecule has 1 aliphatic rings. The Morgan fingerprint density at radius 3 is 2.57 bits per heavy atom. The van der Waals surface area contributed by atoms with Crippen molar-refractivity contribution in [3.63, 3.8) is 0 Å². The van der Waals surface area contributed by atoms with E-state index in [1.807, 2.05) is 13.0 Å². The van der Waals surface area contributed by atoms with Gasteiger partial charge in [0.1, 0.15) is 4.21 Å². The molecule has 0 unspecified atom stereocenters. The maximum atomic E-state index is 12.5. The van der Waals surface area contributed by atoms with E-state index in [4.69, 9.17) is 0 Å². The fourth-order valence-corrected chi connectivity index (χ4v) is 6.47. The highest BCUT2D eigenvalue weighted by Gasteiger charge is 2.32. The molecule has 0 bridgehead atoms. The lowest BCUT2D eigenvalue weighted by Crippen LogP contribution is -2.43. The van der Waals surface area contributed by atoms with Crippen molar-refractivity contribution in [1.82, 2.24) is 9.62 Å². The zero-order valence-corrected chi connectivity index (χ0v) is 14.4. The topological polar surface area (TPSA) is 83.6 Å². The van der Waals surface area contributed by atoms with Gasteiger partial charge >= 0.3 is 0 Å². The summed E-state index contributed by atoms with van der Waals surface area (Å²) in [5.74, 6) is -0.185. The molecule has 0 spiro atoms. The summed E-state index contributed by atoms with van der Waals surface area (Å²) in [6.07, 6.45) is 0.794. The summed E-state index contributed by atoms with van der Waals surface area (Å²) in [5.41, 5.74) is 0. The Bertz CT molecular complexity index is 665. The SMILES string of the molecule is CCNCCc1ccc(S(=O)(=O)N2CCS(=O)(=O)CC2)s1. The number of nitrogens with zero attached hydrogens (tertiary/aromatic N) is 1. The molecule has 0 aliphatic carbocycles. The molecular weight excluding hydrogens is 332 g/mol. The van der Waals surface area contributed by atoms with E-state index in [0.29, 0.717) is 4.21 Å². The molecule has 1 saturated heterocycles. The standard InChI is InChI=1S/C12H20N2O4S3/c1-2-13-6-5-11-3-4-12(19-11)21(17,18)14-7-9-20(15,16)10-8-14/h3-4,13H,2,5-10H2,1H3. The van der Waals surface area contributed by atoms with Crippen molar-refractivity contribution in [2.45, 2.75) is 17.6 Å². The zero-order valence-electron chi connectivity index (χ0n) is 11.9. The molecule has 2 heterocycles. The number of nitrogens with one attached hydrogen (secondary N) is 1. The first-order valence-electron chi connectivity index (χ1n) is 6.85. The van der Waals surface area contributed by atoms with Crippen molar-refractivity contribution in [3.8, 4) is 0 Å². The number of likely N-dealkylation sites (N-methyl/N-ethyl adjacent to an activating group) is 1. The Kier molecular flexibility index (Phi) is 5.42. The van der Waals surface area contributed by atoms with Gasteiger partial charge in [-0.2, -0.15) is 4.31 Å². The van der Waals surface area contributed by atoms with Crippen LogP contribution in [0, 0.1) is 0 Å². The second-order valence-corrected chi connectivity index (χ2v) is 10.5. The van der Waals surface area contributed by atoms with Gasteiger partial charge in [-0.05, 0) is 31.6 Å². The summed E-state index contributed by atoms with van der Waals surface area (Å²) in [4.78, 5) is 1.01. The van der Waals surface area contributed by atoms with Crippen LogP contribution in [0.15, 0.2) is 16.3 Å². The molecule has 0 saturated carbocycles. The monoisotopic (exact) mass is 352 g/mol. The lowest BCUT2D eigenvalue weighted by atomic mass is 10.3. The second kappa shape index (κ2) is 6.74. The Labute approximate surface area is 130 Å². The van der Waals surface area contributed by atoms with Gasteiger partial charge in [-0.15, -0.1) is 11.3 Å². The lowest BCUT2D eigenvalue weighted by molar-refractivity contribution is 0.432. The lowest BCUT2D eigenvalue weighted by Gasteiger charge is -2.25. The summed E-state index contributed by atoms with van der Waals surface area (Å²) in [6, 6.07) is 3.44. The van der Waals surface area contributed by atoms with Gasteiger partial charge in [0.05, 0.1) is 11.5 Å². The third kappa shape index (κ3) is 4.26. The minimum atomic E-state index is -3.55. The third-order valence-corrected chi connectivity index (χ3v) is 8.45. The second-order valence-electron chi connectivity index (χ2n) is 4.88. The van der Waals surface area contributed by atoms with E-state index in [-0.39, 0.29) is 24.6 Å². The Morgan fingerprint density at radius 2 is 1.95 bits per heavy atom. The highest BCUT2D eigenvalue weighted by atomic mass is 32.2. The summed E-state index contributed by atoms with van der Waals surface area (Å²) in [6.45, 7) is 3.83. The molecule has 0 aromatic carbocycles. The average molecular weight is 353 g/mol. The summed E-state index contributed by atoms with van der Waals surface area (Å²) >= 11 is 1.26. The minimum Gasteiger partial charge on any atom is -0.317 e. The molecular formula is C12H20N2O4S3. The number of sulfonamides is 1. The molecule has 1 aliphatic heterocycles. The van der Waals surface area contributed by atoms with Crippen LogP contribution in [0.25, 0.3) is 0 Å². The average Bonchev–Trinajstić information content (AvgIpc) is 2.88. The molecule has 1 N–H and O–H groups in total. The van der Waals surface area contributed by atoms with E-state index in [2.05, 4.69) is 5.32 Å². The normalized spacial score (nSPS) is 19.7. The molecule has 21 heavy (non-hydrogen) atoms. The van der Waals surface area contributed by atoms with Crippen LogP contribution >= 0.6 is 11.3 Å². The number of rotatable bonds is 6. The molecule has 1 aromatic rings. The van der Waals surface area contributed by atoms with Crippen molar-refractivity contribution >= 4 is 31.2 Å². The Balaban J connectivity index is 2.06. The number of sulfone groups is 1. The van der Waals surface area contributed by atoms with Gasteiger partial charge in [-0.1, -0.05) is 6.92 Å². The molecule has 2 rings (SSSR count). The van der Waals surface area contributed by atoms with Gasteiger partial charge in [0.25, 0.3) is 10.0 Å². The van der Waals surface area contributed by atoms with E-state index in [0.717, 1.165) is 24.4 Å². The largest absolute Gasteiger partial charge is 0.317 e. The van der Waals surface area contributed by atoms with Crippen molar-refractivity contribution < 1.29 is 16.8 Å². The van der Waals surface area contributed by atoms with Gasteiger partial charge in [-0.25, -0.2) is 16.8 Å². The molecule has 1 fully saturated rings. The van der Waals surface area contributed by atoms with Crippen molar-refractivity contribution in [2.24, 2.45) is 0 Å². The fraction of sp³-hybridized carbons (Fsp3) is 0.667. The summed E-state index contributed by atoms with van der Waals surface area (Å²) in [5, 5.41) is 3.20. The maximum absolute atomic E-state index is 12.5. The predicted molar refractivity (Wildman–Crippen MR) is 84.0 cm³/mol. The van der Waals surface area contributed by atoms with Gasteiger partial charge < -0.3 is 5.32 Å². The van der Waals surface area contributed by atoms with E-state index < -0.39 is 19.9 Å². The molecule has 9 heteroatoms. The number of hydrogen-bond acceptors (Lipinski definition) is 6. The highest BCUT2D eigenvalue weighted by molar-refractivity contribution is 7.92. The third-order valence-electron chi connectivity index (χ3n) is 3.33. The highest BCUT2D eigenvalue weighted by Crippen LogP contribution is 2.26. The number of hydrogen-bond donors (Lipinski definition) is 1. The van der Waals surface area contributed by atoms with Crippen LogP contribution in [0.3, 0.4) is 0 Å². The Hall–Kier alpha value is -0.480. The summed E-state index contributed by atoms with van der Waals surface area (Å²) in [7, 11) is -6.63. The van der Waals surface area contributed by atoms with E-state index in [9.17, 15) is 16.8 Å². The molecule has 0 atom stereocenters. The first kappa shape index (κ1) is 16.9. The van der Waals surface area contributed by atoms with Crippen molar-refractivity contribution in [1.29, 1.82) is 0 Å². The fourth-order valence-electron chi connectivity index (χ4n) is 2.08. The van der Waals surface area contributed by atoms with Crippen LogP contribution in [0.2, 0.25) is 0 Å². The van der Waals surface area contributed by atoms with Crippen LogP contribution in [0.4, 0.5) is 0 Å². The van der Waals surface area contributed by atoms with E-state index >= 15 is 0 Å². The molecule has 1 aromatic heterocycles. The van der Waals surface area contributed by atoms with Gasteiger partial charge in [0.15, 0.2) is 9.84 Å². The first-order chi connectivity index (χ1) is 9.85. The van der Waals surface area contributed by atoms with Crippen LogP contribution in [0.5, 0.6) is 0 Å². The molecule has 6 nitrogen and oxygen atoms in total. The molecule has 120 valence electrons. The molecule has 0 amide bonds. The quantitative estimate of drug-likeness (QED) is 0.746. The predicted octanol–water partition coefficient (Wildman–Crippen LogP) is 0.319. The van der Waals surface area contributed by atoms with Gasteiger partial charge in [0.2, 0.25) is 0 Å². The summed E-state index contributed by atoms with van der Waals surface area (Å²) < 4.78 is 49.3. The maximum Gasteiger partial charge on any atom is 0.252 e. The van der Waals surface area contributed by atoms with Crippen molar-refractivity contribution in [3.05, 3.63) is 17.0 Å². The Morgan fingerprint density at radius 1 is 1.29 bits per heavy atom. The van der Waals surface area contributed by atoms with Crippen LogP contribution < -0.4 is 5.32 Å². The van der Waals surface area contributed by atoms with Crippen LogP contribution in [0.1, 0.15) is 11.8 Å². The van der Waals surface area contributed by atoms with Crippen molar-refractivity contribution in [2.75, 3.05) is 37.7 Å². The van der Waals surface area contributed by atoms with E-state index in [1.54, 1.807) is 6.07 Å². The van der Waals surface area contributed by atoms with Crippen LogP contribution in [-0.4, -0.2) is 58.8 Å². The zero-order chi connectivity index (χ0) is 15.5. The van der Waals surface area contributed by atoms with E-state index in [1.165, 1.54) is 15.6 Å². The van der Waals surface area contributed by atoms with Gasteiger partial charge in [-0.3, -0.25) is 0 Å². The minimum absolute atomic E-state index is 0.0509. The first-order valence-corrected chi connectivity index (χ1v) is 10.9. The smallest absolute Gasteiger partial charge is 0.252 e. The van der Waals surface area contributed by atoms with Crippen LogP contribution in [-0.2, 0) is 26.3 Å². The number of thiophene rings is 1. The molecule has 0 radical (unpaired) electrons. The van der Waals surface area contributed by atoms with Gasteiger partial charge in [0, 0.05) is 18.0 Å².